The van der Waals surface area contributed by atoms with Gasteiger partial charge in [0.15, 0.2) is 5.16 Å². The molecule has 0 saturated heterocycles. The number of para-hydroxylation sites is 1. The minimum absolute atomic E-state index is 0.0569. The van der Waals surface area contributed by atoms with E-state index in [1.807, 2.05) is 48.5 Å². The smallest absolute Gasteiger partial charge is 0.267 e. The van der Waals surface area contributed by atoms with E-state index < -0.39 is 5.91 Å². The Morgan fingerprint density at radius 2 is 1.93 bits per heavy atom. The van der Waals surface area contributed by atoms with E-state index in [0.29, 0.717) is 17.4 Å². The van der Waals surface area contributed by atoms with Crippen LogP contribution in [0.2, 0.25) is 0 Å². The Hall–Kier alpha value is -2.97. The number of nitrogens with zero attached hydrogens (tertiary/aromatic N) is 3. The first-order chi connectivity index (χ1) is 13.7. The third kappa shape index (κ3) is 3.00. The van der Waals surface area contributed by atoms with Crippen molar-refractivity contribution in [3.8, 4) is 10.6 Å². The maximum atomic E-state index is 12.5. The SMILES string of the molecule is O=C(Nc1ccc(-c2nc3ccccc3s2)cc1)c1cnc2n(c1=O)CCS2. The van der Waals surface area contributed by atoms with Crippen molar-refractivity contribution in [3.63, 3.8) is 0 Å². The first kappa shape index (κ1) is 17.2. The average molecular weight is 406 g/mol. The molecule has 3 heterocycles. The summed E-state index contributed by atoms with van der Waals surface area (Å²) in [7, 11) is 0. The third-order valence-corrected chi connectivity index (χ3v) is 6.54. The molecule has 0 fully saturated rings. The monoisotopic (exact) mass is 406 g/mol. The lowest BCUT2D eigenvalue weighted by Gasteiger charge is -2.07. The van der Waals surface area contributed by atoms with E-state index in [4.69, 9.17) is 0 Å². The zero-order valence-corrected chi connectivity index (χ0v) is 16.2. The first-order valence-electron chi connectivity index (χ1n) is 8.69. The highest BCUT2D eigenvalue weighted by Gasteiger charge is 2.20. The zero-order valence-electron chi connectivity index (χ0n) is 14.6. The Kier molecular flexibility index (Phi) is 4.22. The number of nitrogens with one attached hydrogen (secondary N) is 1. The molecule has 6 nitrogen and oxygen atoms in total. The summed E-state index contributed by atoms with van der Waals surface area (Å²) in [5.74, 6) is 0.359. The van der Waals surface area contributed by atoms with Gasteiger partial charge in [0.1, 0.15) is 10.6 Å². The summed E-state index contributed by atoms with van der Waals surface area (Å²) in [4.78, 5) is 33.8. The molecule has 5 rings (SSSR count). The molecule has 2 aromatic carbocycles. The summed E-state index contributed by atoms with van der Waals surface area (Å²) in [5, 5.41) is 4.38. The standard InChI is InChI=1S/C20H14N4O2S2/c25-17(14-11-21-20-24(19(14)26)9-10-27-20)22-13-7-5-12(6-8-13)18-23-15-3-1-2-4-16(15)28-18/h1-8,11H,9-10H2,(H,22,25). The lowest BCUT2D eigenvalue weighted by atomic mass is 10.2. The molecule has 1 amide bonds. The molecule has 1 aliphatic rings. The number of benzene rings is 2. The Balaban J connectivity index is 1.38. The number of hydrogen-bond donors (Lipinski definition) is 1. The number of anilines is 1. The molecule has 0 unspecified atom stereocenters. The van der Waals surface area contributed by atoms with Crippen LogP contribution in [0.1, 0.15) is 10.4 Å². The van der Waals surface area contributed by atoms with Gasteiger partial charge in [-0.15, -0.1) is 11.3 Å². The van der Waals surface area contributed by atoms with Crippen molar-refractivity contribution in [2.75, 3.05) is 11.1 Å². The molecule has 0 spiro atoms. The maximum Gasteiger partial charge on any atom is 0.267 e. The molecule has 0 atom stereocenters. The zero-order chi connectivity index (χ0) is 19.1. The molecule has 0 bridgehead atoms. The predicted octanol–water partition coefficient (Wildman–Crippen LogP) is 3.88. The lowest BCUT2D eigenvalue weighted by molar-refractivity contribution is 0.102. The van der Waals surface area contributed by atoms with E-state index in [2.05, 4.69) is 15.3 Å². The topological polar surface area (TPSA) is 76.9 Å². The van der Waals surface area contributed by atoms with E-state index in [-0.39, 0.29) is 11.1 Å². The first-order valence-corrected chi connectivity index (χ1v) is 10.5. The Labute approximate surface area is 168 Å². The van der Waals surface area contributed by atoms with Gasteiger partial charge in [-0.05, 0) is 36.4 Å². The number of carbonyl (C=O) groups excluding carboxylic acids is 1. The number of rotatable bonds is 3. The van der Waals surface area contributed by atoms with Crippen LogP contribution in [-0.2, 0) is 6.54 Å². The molecule has 8 heteroatoms. The quantitative estimate of drug-likeness (QED) is 0.523. The van der Waals surface area contributed by atoms with Crippen LogP contribution in [0, 0.1) is 0 Å². The van der Waals surface area contributed by atoms with E-state index >= 15 is 0 Å². The number of hydrogen-bond acceptors (Lipinski definition) is 6. The molecule has 28 heavy (non-hydrogen) atoms. The van der Waals surface area contributed by atoms with Gasteiger partial charge in [-0.25, -0.2) is 9.97 Å². The van der Waals surface area contributed by atoms with Crippen LogP contribution in [0.4, 0.5) is 5.69 Å². The second-order valence-corrected chi connectivity index (χ2v) is 8.37. The van der Waals surface area contributed by atoms with Crippen LogP contribution >= 0.6 is 23.1 Å². The Bertz CT molecular complexity index is 1230. The van der Waals surface area contributed by atoms with Crippen molar-refractivity contribution in [1.29, 1.82) is 0 Å². The summed E-state index contributed by atoms with van der Waals surface area (Å²) in [6.45, 7) is 0.587. The minimum Gasteiger partial charge on any atom is -0.322 e. The summed E-state index contributed by atoms with van der Waals surface area (Å²) in [6.07, 6.45) is 1.36. The summed E-state index contributed by atoms with van der Waals surface area (Å²) >= 11 is 3.15. The molecule has 1 N–H and O–H groups in total. The fourth-order valence-electron chi connectivity index (χ4n) is 3.06. The Morgan fingerprint density at radius 1 is 1.11 bits per heavy atom. The molecular formula is C20H14N4O2S2. The summed E-state index contributed by atoms with van der Waals surface area (Å²) in [6, 6.07) is 15.5. The summed E-state index contributed by atoms with van der Waals surface area (Å²) in [5.41, 5.74) is 2.34. The number of amides is 1. The second-order valence-electron chi connectivity index (χ2n) is 6.28. The highest BCUT2D eigenvalue weighted by Crippen LogP contribution is 2.30. The van der Waals surface area contributed by atoms with Crippen molar-refractivity contribution in [2.24, 2.45) is 0 Å². The van der Waals surface area contributed by atoms with Crippen LogP contribution in [-0.4, -0.2) is 26.2 Å². The van der Waals surface area contributed by atoms with Gasteiger partial charge >= 0.3 is 0 Å². The van der Waals surface area contributed by atoms with Crippen molar-refractivity contribution < 1.29 is 4.79 Å². The molecule has 0 saturated carbocycles. The molecule has 138 valence electrons. The van der Waals surface area contributed by atoms with Crippen molar-refractivity contribution in [3.05, 3.63) is 70.6 Å². The molecule has 2 aromatic heterocycles. The van der Waals surface area contributed by atoms with Crippen molar-refractivity contribution in [2.45, 2.75) is 11.7 Å². The van der Waals surface area contributed by atoms with Crippen LogP contribution in [0.15, 0.2) is 64.7 Å². The molecule has 1 aliphatic heterocycles. The van der Waals surface area contributed by atoms with E-state index in [1.165, 1.54) is 18.0 Å². The minimum atomic E-state index is -0.447. The number of thiazole rings is 1. The summed E-state index contributed by atoms with van der Waals surface area (Å²) < 4.78 is 2.69. The van der Waals surface area contributed by atoms with E-state index in [1.54, 1.807) is 15.9 Å². The van der Waals surface area contributed by atoms with Gasteiger partial charge < -0.3 is 5.32 Å². The predicted molar refractivity (Wildman–Crippen MR) is 112 cm³/mol. The highest BCUT2D eigenvalue weighted by molar-refractivity contribution is 7.99. The maximum absolute atomic E-state index is 12.5. The molecule has 4 aromatic rings. The third-order valence-electron chi connectivity index (χ3n) is 4.48. The average Bonchev–Trinajstić information content (AvgIpc) is 3.36. The van der Waals surface area contributed by atoms with Crippen LogP contribution < -0.4 is 10.9 Å². The lowest BCUT2D eigenvalue weighted by Crippen LogP contribution is -2.29. The van der Waals surface area contributed by atoms with Crippen LogP contribution in [0.3, 0.4) is 0 Å². The number of thioether (sulfide) groups is 1. The molecule has 0 aliphatic carbocycles. The molecule has 0 radical (unpaired) electrons. The Morgan fingerprint density at radius 3 is 2.75 bits per heavy atom. The van der Waals surface area contributed by atoms with E-state index in [9.17, 15) is 9.59 Å². The van der Waals surface area contributed by atoms with Gasteiger partial charge in [0.2, 0.25) is 0 Å². The van der Waals surface area contributed by atoms with Gasteiger partial charge in [0.25, 0.3) is 11.5 Å². The fraction of sp³-hybridized carbons (Fsp3) is 0.100. The van der Waals surface area contributed by atoms with Gasteiger partial charge in [-0.1, -0.05) is 23.9 Å². The normalized spacial score (nSPS) is 12.9. The van der Waals surface area contributed by atoms with Gasteiger partial charge in [0, 0.05) is 29.7 Å². The van der Waals surface area contributed by atoms with Crippen molar-refractivity contribution in [1.82, 2.24) is 14.5 Å². The van der Waals surface area contributed by atoms with Crippen LogP contribution in [0.5, 0.6) is 0 Å². The molecular weight excluding hydrogens is 392 g/mol. The largest absolute Gasteiger partial charge is 0.322 e. The van der Waals surface area contributed by atoms with E-state index in [0.717, 1.165) is 26.5 Å². The van der Waals surface area contributed by atoms with Gasteiger partial charge in [-0.2, -0.15) is 0 Å². The van der Waals surface area contributed by atoms with Gasteiger partial charge in [-0.3, -0.25) is 14.2 Å². The van der Waals surface area contributed by atoms with Crippen LogP contribution in [0.25, 0.3) is 20.8 Å². The second kappa shape index (κ2) is 6.88. The fourth-order valence-corrected chi connectivity index (χ4v) is 4.95. The van der Waals surface area contributed by atoms with Crippen molar-refractivity contribution >= 4 is 44.9 Å². The van der Waals surface area contributed by atoms with Gasteiger partial charge in [0.05, 0.1) is 10.2 Å². The highest BCUT2D eigenvalue weighted by atomic mass is 32.2. The number of fused-ring (bicyclic) bond motifs is 2. The number of aromatic nitrogens is 3. The number of carbonyl (C=O) groups is 1.